The molecule has 2 aromatic rings. The first-order chi connectivity index (χ1) is 9.93. The van der Waals surface area contributed by atoms with E-state index in [2.05, 4.69) is 0 Å². The lowest BCUT2D eigenvalue weighted by Gasteiger charge is -2.28. The maximum absolute atomic E-state index is 13.0. The summed E-state index contributed by atoms with van der Waals surface area (Å²) in [5.74, 6) is -0.222. The van der Waals surface area contributed by atoms with E-state index < -0.39 is 0 Å². The summed E-state index contributed by atoms with van der Waals surface area (Å²) in [5.41, 5.74) is 2.09. The lowest BCUT2D eigenvalue weighted by molar-refractivity contribution is 0.0707. The number of halogens is 1. The summed E-state index contributed by atoms with van der Waals surface area (Å²) in [4.78, 5) is 16.4. The third-order valence-corrected chi connectivity index (χ3v) is 4.94. The van der Waals surface area contributed by atoms with Gasteiger partial charge in [-0.25, -0.2) is 4.39 Å². The Morgan fingerprint density at radius 1 is 1.29 bits per heavy atom. The van der Waals surface area contributed by atoms with E-state index in [4.69, 9.17) is 0 Å². The van der Waals surface area contributed by atoms with Crippen molar-refractivity contribution in [2.24, 2.45) is 0 Å². The van der Waals surface area contributed by atoms with Crippen LogP contribution in [-0.4, -0.2) is 17.4 Å². The molecule has 0 aliphatic carbocycles. The van der Waals surface area contributed by atoms with Gasteiger partial charge >= 0.3 is 0 Å². The van der Waals surface area contributed by atoms with Crippen molar-refractivity contribution in [1.82, 2.24) is 4.90 Å². The van der Waals surface area contributed by atoms with Gasteiger partial charge in [-0.15, -0.1) is 11.3 Å². The van der Waals surface area contributed by atoms with E-state index in [1.807, 2.05) is 38.7 Å². The second kappa shape index (κ2) is 6.39. The molecule has 2 nitrogen and oxygen atoms in total. The van der Waals surface area contributed by atoms with Gasteiger partial charge in [-0.2, -0.15) is 0 Å². The highest BCUT2D eigenvalue weighted by molar-refractivity contribution is 7.14. The predicted octanol–water partition coefficient (Wildman–Crippen LogP) is 4.73. The van der Waals surface area contributed by atoms with Crippen LogP contribution < -0.4 is 0 Å². The summed E-state index contributed by atoms with van der Waals surface area (Å²) < 4.78 is 13.0. The normalized spacial score (nSPS) is 12.2. The minimum absolute atomic E-state index is 0.0375. The fourth-order valence-corrected chi connectivity index (χ4v) is 3.32. The van der Waals surface area contributed by atoms with Crippen molar-refractivity contribution < 1.29 is 9.18 Å². The lowest BCUT2D eigenvalue weighted by Crippen LogP contribution is -2.32. The van der Waals surface area contributed by atoms with E-state index in [0.29, 0.717) is 6.54 Å². The number of carbonyl (C=O) groups excluding carboxylic acids is 1. The molecule has 0 aliphatic rings. The Morgan fingerprint density at radius 3 is 2.38 bits per heavy atom. The summed E-state index contributed by atoms with van der Waals surface area (Å²) in [7, 11) is 0. The van der Waals surface area contributed by atoms with Crippen LogP contribution in [0.2, 0.25) is 0 Å². The Hall–Kier alpha value is -1.68. The third kappa shape index (κ3) is 3.32. The molecule has 1 amide bonds. The molecule has 21 heavy (non-hydrogen) atoms. The molecule has 1 aromatic heterocycles. The van der Waals surface area contributed by atoms with E-state index in [1.165, 1.54) is 28.3 Å². The summed E-state index contributed by atoms with van der Waals surface area (Å²) in [6, 6.07) is 8.21. The number of hydrogen-bond donors (Lipinski definition) is 0. The van der Waals surface area contributed by atoms with Gasteiger partial charge in [0.25, 0.3) is 5.91 Å². The van der Waals surface area contributed by atoms with Crippen molar-refractivity contribution in [2.75, 3.05) is 6.54 Å². The topological polar surface area (TPSA) is 20.3 Å². The molecule has 0 N–H and O–H groups in total. The highest BCUT2D eigenvalue weighted by Crippen LogP contribution is 2.27. The molecular weight excluding hydrogens is 285 g/mol. The van der Waals surface area contributed by atoms with Crippen molar-refractivity contribution in [3.05, 3.63) is 57.0 Å². The van der Waals surface area contributed by atoms with Gasteiger partial charge in [-0.3, -0.25) is 4.79 Å². The molecule has 4 heteroatoms. The zero-order valence-corrected chi connectivity index (χ0v) is 13.6. The maximum atomic E-state index is 13.0. The molecule has 2 rings (SSSR count). The smallest absolute Gasteiger partial charge is 0.264 e. The zero-order chi connectivity index (χ0) is 15.6. The Morgan fingerprint density at radius 2 is 1.90 bits per heavy atom. The lowest BCUT2D eigenvalue weighted by atomic mass is 10.1. The van der Waals surface area contributed by atoms with Gasteiger partial charge in [0.1, 0.15) is 5.82 Å². The van der Waals surface area contributed by atoms with Gasteiger partial charge in [-0.1, -0.05) is 12.1 Å². The summed E-state index contributed by atoms with van der Waals surface area (Å²) in [6.45, 7) is 8.60. The Kier molecular flexibility index (Phi) is 4.78. The molecular formula is C17H20FNOS. The van der Waals surface area contributed by atoms with Gasteiger partial charge in [0, 0.05) is 11.4 Å². The highest BCUT2D eigenvalue weighted by atomic mass is 32.1. The quantitative estimate of drug-likeness (QED) is 0.800. The molecule has 1 heterocycles. The number of carbonyl (C=O) groups is 1. The number of aryl methyl sites for hydroxylation is 2. The molecule has 1 atom stereocenters. The fraction of sp³-hybridized carbons (Fsp3) is 0.353. The van der Waals surface area contributed by atoms with E-state index in [0.717, 1.165) is 16.0 Å². The van der Waals surface area contributed by atoms with Crippen molar-refractivity contribution >= 4 is 17.2 Å². The molecule has 0 bridgehead atoms. The van der Waals surface area contributed by atoms with Gasteiger partial charge in [0.15, 0.2) is 0 Å². The molecule has 0 saturated heterocycles. The molecule has 1 aromatic carbocycles. The van der Waals surface area contributed by atoms with Crippen LogP contribution in [0.25, 0.3) is 0 Å². The van der Waals surface area contributed by atoms with Crippen LogP contribution in [0.4, 0.5) is 4.39 Å². The summed E-state index contributed by atoms with van der Waals surface area (Å²) in [5, 5.41) is 0. The minimum Gasteiger partial charge on any atom is -0.331 e. The monoisotopic (exact) mass is 305 g/mol. The van der Waals surface area contributed by atoms with Gasteiger partial charge < -0.3 is 4.90 Å². The number of nitrogens with zero attached hydrogens (tertiary/aromatic N) is 1. The summed E-state index contributed by atoms with van der Waals surface area (Å²) in [6.07, 6.45) is 0. The average Bonchev–Trinajstić information content (AvgIpc) is 2.80. The molecule has 0 radical (unpaired) electrons. The largest absolute Gasteiger partial charge is 0.331 e. The molecule has 0 saturated carbocycles. The van der Waals surface area contributed by atoms with Crippen LogP contribution >= 0.6 is 11.3 Å². The van der Waals surface area contributed by atoms with Gasteiger partial charge in [-0.05, 0) is 57.0 Å². The Balaban J connectivity index is 2.25. The molecule has 0 aliphatic heterocycles. The van der Waals surface area contributed by atoms with Crippen molar-refractivity contribution in [2.45, 2.75) is 33.7 Å². The molecule has 0 fully saturated rings. The van der Waals surface area contributed by atoms with E-state index >= 15 is 0 Å². The number of rotatable bonds is 4. The molecule has 112 valence electrons. The van der Waals surface area contributed by atoms with Crippen LogP contribution in [0.5, 0.6) is 0 Å². The molecule has 1 unspecified atom stereocenters. The zero-order valence-electron chi connectivity index (χ0n) is 12.8. The van der Waals surface area contributed by atoms with Gasteiger partial charge in [0.2, 0.25) is 0 Å². The second-order valence-corrected chi connectivity index (χ2v) is 6.42. The first kappa shape index (κ1) is 15.7. The second-order valence-electron chi connectivity index (χ2n) is 5.17. The summed E-state index contributed by atoms with van der Waals surface area (Å²) >= 11 is 1.53. The predicted molar refractivity (Wildman–Crippen MR) is 85.3 cm³/mol. The van der Waals surface area contributed by atoms with E-state index in [-0.39, 0.29) is 17.8 Å². The van der Waals surface area contributed by atoms with Crippen LogP contribution in [0.1, 0.15) is 45.6 Å². The Labute approximate surface area is 129 Å². The minimum atomic E-state index is -0.259. The number of hydrogen-bond acceptors (Lipinski definition) is 2. The molecule has 0 spiro atoms. The SMILES string of the molecule is CCN(C(=O)c1cc(C)c(C)s1)C(C)c1ccc(F)cc1. The standard InChI is InChI=1S/C17H20FNOS/c1-5-19(12(3)14-6-8-15(18)9-7-14)17(20)16-10-11(2)13(4)21-16/h6-10,12H,5H2,1-4H3. The maximum Gasteiger partial charge on any atom is 0.264 e. The third-order valence-electron chi connectivity index (χ3n) is 3.80. The van der Waals surface area contributed by atoms with Gasteiger partial charge in [0.05, 0.1) is 10.9 Å². The van der Waals surface area contributed by atoms with E-state index in [1.54, 1.807) is 12.1 Å². The number of thiophene rings is 1. The van der Waals surface area contributed by atoms with Crippen LogP contribution in [0.15, 0.2) is 30.3 Å². The first-order valence-electron chi connectivity index (χ1n) is 7.07. The van der Waals surface area contributed by atoms with Crippen molar-refractivity contribution in [3.63, 3.8) is 0 Å². The first-order valence-corrected chi connectivity index (χ1v) is 7.89. The van der Waals surface area contributed by atoms with Crippen LogP contribution in [0.3, 0.4) is 0 Å². The highest BCUT2D eigenvalue weighted by Gasteiger charge is 2.23. The van der Waals surface area contributed by atoms with Crippen LogP contribution in [0, 0.1) is 19.7 Å². The Bertz CT molecular complexity index is 613. The van der Waals surface area contributed by atoms with Crippen LogP contribution in [-0.2, 0) is 0 Å². The number of benzene rings is 1. The average molecular weight is 305 g/mol. The number of amides is 1. The van der Waals surface area contributed by atoms with E-state index in [9.17, 15) is 9.18 Å². The van der Waals surface area contributed by atoms with Crippen molar-refractivity contribution in [3.8, 4) is 0 Å². The fourth-order valence-electron chi connectivity index (χ4n) is 2.33. The van der Waals surface area contributed by atoms with Crippen molar-refractivity contribution in [1.29, 1.82) is 0 Å².